The third-order valence-corrected chi connectivity index (χ3v) is 6.50. The van der Waals surface area contributed by atoms with Gasteiger partial charge in [-0.15, -0.1) is 10.2 Å². The largest absolute Gasteiger partial charge is 0.384 e. The van der Waals surface area contributed by atoms with Crippen LogP contribution in [0, 0.1) is 12.8 Å². The smallest absolute Gasteiger partial charge is 0.332 e. The molecule has 0 atom stereocenters. The van der Waals surface area contributed by atoms with E-state index in [4.69, 9.17) is 5.73 Å². The summed E-state index contributed by atoms with van der Waals surface area (Å²) in [6.45, 7) is 6.15. The Kier molecular flexibility index (Phi) is 6.96. The second-order valence-corrected chi connectivity index (χ2v) is 9.64. The van der Waals surface area contributed by atoms with Gasteiger partial charge >= 0.3 is 5.69 Å². The summed E-state index contributed by atoms with van der Waals surface area (Å²) in [5.74, 6) is -0.468. The Hall–Kier alpha value is -2.92. The van der Waals surface area contributed by atoms with Gasteiger partial charge in [0.25, 0.3) is 5.56 Å². The van der Waals surface area contributed by atoms with Crippen LogP contribution in [0.1, 0.15) is 29.8 Å². The molecule has 11 heteroatoms. The van der Waals surface area contributed by atoms with Crippen molar-refractivity contribution < 1.29 is 4.79 Å². The molecule has 9 nitrogen and oxygen atoms in total. The molecule has 0 radical (unpaired) electrons. The maximum atomic E-state index is 12.8. The molecule has 1 aromatic carbocycles. The van der Waals surface area contributed by atoms with Gasteiger partial charge in [-0.2, -0.15) is 0 Å². The number of ketones is 1. The fourth-order valence-electron chi connectivity index (χ4n) is 2.93. The van der Waals surface area contributed by atoms with E-state index < -0.39 is 17.0 Å². The second kappa shape index (κ2) is 9.48. The standard InChI is InChI=1S/C20H24N6O3S2/c1-11(2)9-26-16(21)15(17(28)25(4)20(26)29)14(27)10-30-19-24-23-18(31-19)22-13-8-6-5-7-12(13)3/h5-8,11H,9-10,21H2,1-4H3,(H,22,23). The number of nitrogen functional groups attached to an aromatic ring is 1. The zero-order chi connectivity index (χ0) is 22.7. The molecular weight excluding hydrogens is 436 g/mol. The zero-order valence-electron chi connectivity index (χ0n) is 17.7. The highest BCUT2D eigenvalue weighted by molar-refractivity contribution is 8.01. The van der Waals surface area contributed by atoms with E-state index in [9.17, 15) is 14.4 Å². The van der Waals surface area contributed by atoms with Gasteiger partial charge in [0.2, 0.25) is 5.13 Å². The lowest BCUT2D eigenvalue weighted by molar-refractivity contribution is 0.102. The van der Waals surface area contributed by atoms with Gasteiger partial charge < -0.3 is 11.1 Å². The normalized spacial score (nSPS) is 11.1. The third-order valence-electron chi connectivity index (χ3n) is 4.53. The molecule has 0 aliphatic heterocycles. The predicted molar refractivity (Wildman–Crippen MR) is 125 cm³/mol. The molecular formula is C20H24N6O3S2. The average Bonchev–Trinajstić information content (AvgIpc) is 3.17. The average molecular weight is 461 g/mol. The Morgan fingerprint density at radius 3 is 2.65 bits per heavy atom. The second-order valence-electron chi connectivity index (χ2n) is 7.44. The summed E-state index contributed by atoms with van der Waals surface area (Å²) in [6.07, 6.45) is 0. The third kappa shape index (κ3) is 5.05. The van der Waals surface area contributed by atoms with Crippen molar-refractivity contribution in [1.29, 1.82) is 0 Å². The van der Waals surface area contributed by atoms with E-state index in [0.29, 0.717) is 16.0 Å². The number of nitrogens with two attached hydrogens (primary N) is 1. The Morgan fingerprint density at radius 2 is 1.97 bits per heavy atom. The highest BCUT2D eigenvalue weighted by Gasteiger charge is 2.22. The number of Topliss-reactive ketones (excluding diaryl/α,β-unsaturated/α-hetero) is 1. The lowest BCUT2D eigenvalue weighted by Crippen LogP contribution is -2.43. The number of hydrogen-bond acceptors (Lipinski definition) is 9. The molecule has 2 heterocycles. The zero-order valence-corrected chi connectivity index (χ0v) is 19.3. The van der Waals surface area contributed by atoms with Crippen molar-refractivity contribution in [3.63, 3.8) is 0 Å². The van der Waals surface area contributed by atoms with Gasteiger partial charge in [0, 0.05) is 19.3 Å². The summed E-state index contributed by atoms with van der Waals surface area (Å²) in [4.78, 5) is 37.7. The van der Waals surface area contributed by atoms with Crippen molar-refractivity contribution in [3.8, 4) is 0 Å². The highest BCUT2D eigenvalue weighted by atomic mass is 32.2. The van der Waals surface area contributed by atoms with Crippen LogP contribution in [0.4, 0.5) is 16.6 Å². The molecule has 31 heavy (non-hydrogen) atoms. The number of thioether (sulfide) groups is 1. The van der Waals surface area contributed by atoms with E-state index in [2.05, 4.69) is 15.5 Å². The Bertz CT molecular complexity index is 1230. The van der Waals surface area contributed by atoms with E-state index >= 15 is 0 Å². The first kappa shape index (κ1) is 22.8. The minimum atomic E-state index is -0.688. The number of aromatic nitrogens is 4. The molecule has 0 unspecified atom stereocenters. The number of hydrogen-bond donors (Lipinski definition) is 2. The summed E-state index contributed by atoms with van der Waals surface area (Å²) in [6, 6.07) is 7.81. The minimum Gasteiger partial charge on any atom is -0.384 e. The summed E-state index contributed by atoms with van der Waals surface area (Å²) >= 11 is 2.48. The van der Waals surface area contributed by atoms with E-state index in [1.807, 2.05) is 45.0 Å². The summed E-state index contributed by atoms with van der Waals surface area (Å²) in [7, 11) is 1.35. The van der Waals surface area contributed by atoms with Gasteiger partial charge in [0.05, 0.1) is 5.75 Å². The summed E-state index contributed by atoms with van der Waals surface area (Å²) in [5.41, 5.74) is 6.67. The van der Waals surface area contributed by atoms with Gasteiger partial charge in [0.15, 0.2) is 10.1 Å². The SMILES string of the molecule is Cc1ccccc1Nc1nnc(SCC(=O)c2c(N)n(CC(C)C)c(=O)n(C)c2=O)s1. The molecule has 0 saturated heterocycles. The Labute approximate surface area is 187 Å². The van der Waals surface area contributed by atoms with Gasteiger partial charge in [-0.3, -0.25) is 18.7 Å². The maximum absolute atomic E-state index is 12.8. The van der Waals surface area contributed by atoms with Crippen molar-refractivity contribution >= 4 is 45.5 Å². The molecule has 164 valence electrons. The molecule has 0 aliphatic rings. The first-order valence-electron chi connectivity index (χ1n) is 9.60. The first-order chi connectivity index (χ1) is 14.7. The van der Waals surface area contributed by atoms with Gasteiger partial charge in [0.1, 0.15) is 11.4 Å². The Morgan fingerprint density at radius 1 is 1.26 bits per heavy atom. The predicted octanol–water partition coefficient (Wildman–Crippen LogP) is 2.66. The number of benzene rings is 1. The molecule has 2 aromatic heterocycles. The first-order valence-corrected chi connectivity index (χ1v) is 11.4. The lowest BCUT2D eigenvalue weighted by Gasteiger charge is -2.15. The van der Waals surface area contributed by atoms with Crippen molar-refractivity contribution in [2.75, 3.05) is 16.8 Å². The summed E-state index contributed by atoms with van der Waals surface area (Å²) in [5, 5.41) is 12.0. The number of nitrogens with zero attached hydrogens (tertiary/aromatic N) is 4. The Balaban J connectivity index is 1.77. The topological polar surface area (TPSA) is 125 Å². The van der Waals surface area contributed by atoms with Crippen molar-refractivity contribution in [3.05, 3.63) is 56.2 Å². The van der Waals surface area contributed by atoms with E-state index in [-0.39, 0.29) is 23.1 Å². The van der Waals surface area contributed by atoms with Crippen LogP contribution in [0.15, 0.2) is 38.2 Å². The van der Waals surface area contributed by atoms with Crippen LogP contribution < -0.4 is 22.3 Å². The molecule has 0 fully saturated rings. The van der Waals surface area contributed by atoms with E-state index in [0.717, 1.165) is 15.8 Å². The monoisotopic (exact) mass is 460 g/mol. The number of carbonyl (C=O) groups excluding carboxylic acids is 1. The van der Waals surface area contributed by atoms with Crippen LogP contribution in [0.3, 0.4) is 0 Å². The summed E-state index contributed by atoms with van der Waals surface area (Å²) < 4.78 is 2.78. The molecule has 0 spiro atoms. The number of anilines is 3. The molecule has 0 saturated carbocycles. The lowest BCUT2D eigenvalue weighted by atomic mass is 10.2. The van der Waals surface area contributed by atoms with Crippen molar-refractivity contribution in [1.82, 2.24) is 19.3 Å². The maximum Gasteiger partial charge on any atom is 0.332 e. The minimum absolute atomic E-state index is 0.0433. The van der Waals surface area contributed by atoms with Gasteiger partial charge in [-0.05, 0) is 24.5 Å². The number of rotatable bonds is 8. The number of para-hydroxylation sites is 1. The van der Waals surface area contributed by atoms with Crippen LogP contribution >= 0.6 is 23.1 Å². The number of nitrogens with one attached hydrogen (secondary N) is 1. The van der Waals surface area contributed by atoms with Crippen molar-refractivity contribution in [2.24, 2.45) is 13.0 Å². The molecule has 0 amide bonds. The molecule has 3 rings (SSSR count). The van der Waals surface area contributed by atoms with Crippen molar-refractivity contribution in [2.45, 2.75) is 31.7 Å². The molecule has 0 bridgehead atoms. The van der Waals surface area contributed by atoms with E-state index in [1.54, 1.807) is 0 Å². The van der Waals surface area contributed by atoms with Gasteiger partial charge in [-0.25, -0.2) is 4.79 Å². The van der Waals surface area contributed by atoms with Crippen LogP contribution in [0.2, 0.25) is 0 Å². The van der Waals surface area contributed by atoms with Gasteiger partial charge in [-0.1, -0.05) is 55.1 Å². The quantitative estimate of drug-likeness (QED) is 0.388. The molecule has 0 aliphatic carbocycles. The fraction of sp³-hybridized carbons (Fsp3) is 0.350. The van der Waals surface area contributed by atoms with E-state index in [1.165, 1.54) is 34.7 Å². The van der Waals surface area contributed by atoms with Crippen LogP contribution in [-0.4, -0.2) is 30.9 Å². The van der Waals surface area contributed by atoms with Crippen LogP contribution in [-0.2, 0) is 13.6 Å². The number of carbonyl (C=O) groups is 1. The highest BCUT2D eigenvalue weighted by Crippen LogP contribution is 2.29. The molecule has 3 N–H and O–H groups in total. The fourth-order valence-corrected chi connectivity index (χ4v) is 4.57. The number of aryl methyl sites for hydroxylation is 1. The van der Waals surface area contributed by atoms with Crippen LogP contribution in [0.25, 0.3) is 0 Å². The molecule has 3 aromatic rings. The van der Waals surface area contributed by atoms with Crippen LogP contribution in [0.5, 0.6) is 0 Å².